The summed E-state index contributed by atoms with van der Waals surface area (Å²) >= 11 is 0. The normalized spacial score (nSPS) is 9.71. The summed E-state index contributed by atoms with van der Waals surface area (Å²) in [6.07, 6.45) is 0. The first-order chi connectivity index (χ1) is 13.4. The molecule has 8 nitrogen and oxygen atoms in total. The number of aromatic amines is 2. The molecule has 4 rings (SSSR count). The van der Waals surface area contributed by atoms with Crippen LogP contribution in [0.15, 0.2) is 48.5 Å². The van der Waals surface area contributed by atoms with Crippen LogP contribution in [-0.2, 0) is 19.1 Å². The van der Waals surface area contributed by atoms with Crippen molar-refractivity contribution >= 4 is 34.0 Å². The molecule has 0 aliphatic heterocycles. The number of hydrogen-bond donors (Lipinski definition) is 2. The van der Waals surface area contributed by atoms with Crippen LogP contribution in [0.3, 0.4) is 0 Å². The van der Waals surface area contributed by atoms with Crippen molar-refractivity contribution in [2.24, 2.45) is 0 Å². The van der Waals surface area contributed by atoms with Crippen LogP contribution >= 0.6 is 0 Å². The Morgan fingerprint density at radius 3 is 1.32 bits per heavy atom. The third-order valence-corrected chi connectivity index (χ3v) is 3.58. The van der Waals surface area contributed by atoms with E-state index in [0.717, 1.165) is 33.7 Å². The molecule has 146 valence electrons. The molecule has 0 saturated heterocycles. The predicted octanol–water partition coefficient (Wildman–Crippen LogP) is 3.46. The lowest BCUT2D eigenvalue weighted by Gasteiger charge is -1.86. The van der Waals surface area contributed by atoms with Gasteiger partial charge in [-0.3, -0.25) is 9.59 Å². The number of nitrogens with zero attached hydrogens (tertiary/aromatic N) is 2. The number of carbonyl (C=O) groups is 2. The summed E-state index contributed by atoms with van der Waals surface area (Å²) in [7, 11) is 2.70. The molecule has 0 atom stereocenters. The molecular weight excluding hydrogens is 360 g/mol. The van der Waals surface area contributed by atoms with Gasteiger partial charge in [0, 0.05) is 13.8 Å². The molecule has 0 unspecified atom stereocenters. The monoisotopic (exact) mass is 382 g/mol. The molecule has 0 amide bonds. The molecule has 28 heavy (non-hydrogen) atoms. The first-order valence-corrected chi connectivity index (χ1v) is 8.43. The van der Waals surface area contributed by atoms with Gasteiger partial charge in [-0.05, 0) is 24.3 Å². The highest BCUT2D eigenvalue weighted by atomic mass is 16.5. The fourth-order valence-electron chi connectivity index (χ4n) is 2.13. The number of para-hydroxylation sites is 4. The van der Waals surface area contributed by atoms with Crippen molar-refractivity contribution < 1.29 is 19.1 Å². The second kappa shape index (κ2) is 9.86. The highest BCUT2D eigenvalue weighted by Crippen LogP contribution is 2.20. The molecular formula is C20H22N4O4. The number of nitrogens with one attached hydrogen (secondary N) is 2. The Morgan fingerprint density at radius 1 is 0.714 bits per heavy atom. The Balaban J connectivity index is 0.000000237. The molecule has 0 radical (unpaired) electrons. The third-order valence-electron chi connectivity index (χ3n) is 3.58. The van der Waals surface area contributed by atoms with Crippen LogP contribution in [0.2, 0.25) is 0 Å². The SMILES string of the molecule is COC(C)=O.COC(C)=O.c1ccc2[nH]c(-c3nc4ccccc4[nH]3)nc2c1. The second-order valence-electron chi connectivity index (χ2n) is 5.60. The molecule has 2 N–H and O–H groups in total. The van der Waals surface area contributed by atoms with E-state index < -0.39 is 0 Å². The molecule has 0 saturated carbocycles. The number of ether oxygens (including phenoxy) is 2. The van der Waals surface area contributed by atoms with Crippen LogP contribution in [0.5, 0.6) is 0 Å². The maximum atomic E-state index is 9.59. The number of H-pyrrole nitrogens is 2. The number of imidazole rings is 2. The Bertz CT molecular complexity index is 916. The van der Waals surface area contributed by atoms with E-state index in [1.54, 1.807) is 0 Å². The predicted molar refractivity (Wildman–Crippen MR) is 107 cm³/mol. The number of aromatic nitrogens is 4. The summed E-state index contributed by atoms with van der Waals surface area (Å²) in [6.45, 7) is 2.72. The smallest absolute Gasteiger partial charge is 0.302 e. The average molecular weight is 382 g/mol. The molecule has 2 aromatic heterocycles. The first kappa shape index (κ1) is 20.6. The largest absolute Gasteiger partial charge is 0.469 e. The molecule has 2 heterocycles. The average Bonchev–Trinajstić information content (AvgIpc) is 3.32. The summed E-state index contributed by atoms with van der Waals surface area (Å²) in [6, 6.07) is 15.9. The van der Waals surface area contributed by atoms with Crippen molar-refractivity contribution in [3.63, 3.8) is 0 Å². The first-order valence-electron chi connectivity index (χ1n) is 8.43. The lowest BCUT2D eigenvalue weighted by Crippen LogP contribution is -1.88. The van der Waals surface area contributed by atoms with E-state index in [2.05, 4.69) is 29.4 Å². The van der Waals surface area contributed by atoms with Crippen molar-refractivity contribution in [2.45, 2.75) is 13.8 Å². The standard InChI is InChI=1S/C14H10N4.2C3H6O2/c1-2-6-10-9(5-1)15-13(16-10)14-17-11-7-3-4-8-12(11)18-14;2*1-3(4)5-2/h1-8H,(H,15,16)(H,17,18);2*1-2H3. The fraction of sp³-hybridized carbons (Fsp3) is 0.200. The summed E-state index contributed by atoms with van der Waals surface area (Å²) in [4.78, 5) is 34.8. The topological polar surface area (TPSA) is 110 Å². The van der Waals surface area contributed by atoms with Crippen molar-refractivity contribution in [3.05, 3.63) is 48.5 Å². The summed E-state index contributed by atoms with van der Waals surface area (Å²) in [5.41, 5.74) is 3.95. The summed E-state index contributed by atoms with van der Waals surface area (Å²) < 4.78 is 8.22. The minimum Gasteiger partial charge on any atom is -0.469 e. The number of hydrogen-bond acceptors (Lipinski definition) is 6. The maximum Gasteiger partial charge on any atom is 0.302 e. The minimum absolute atomic E-state index is 0.245. The maximum absolute atomic E-state index is 9.59. The number of fused-ring (bicyclic) bond motifs is 2. The Labute approximate surface area is 161 Å². The van der Waals surface area contributed by atoms with Crippen LogP contribution in [-0.4, -0.2) is 46.1 Å². The quantitative estimate of drug-likeness (QED) is 0.488. The second-order valence-corrected chi connectivity index (χ2v) is 5.60. The van der Waals surface area contributed by atoms with Gasteiger partial charge in [0.05, 0.1) is 36.3 Å². The Morgan fingerprint density at radius 2 is 1.04 bits per heavy atom. The Hall–Kier alpha value is -3.68. The molecule has 2 aromatic carbocycles. The van der Waals surface area contributed by atoms with Gasteiger partial charge in [0.25, 0.3) is 0 Å². The third kappa shape index (κ3) is 5.66. The molecule has 4 aromatic rings. The molecule has 0 spiro atoms. The molecule has 0 fully saturated rings. The minimum atomic E-state index is -0.245. The van der Waals surface area contributed by atoms with Gasteiger partial charge in [0.1, 0.15) is 0 Å². The fourth-order valence-corrected chi connectivity index (χ4v) is 2.13. The highest BCUT2D eigenvalue weighted by molar-refractivity contribution is 5.81. The van der Waals surface area contributed by atoms with E-state index in [0.29, 0.717) is 0 Å². The zero-order valence-electron chi connectivity index (χ0n) is 16.1. The van der Waals surface area contributed by atoms with Gasteiger partial charge in [-0.25, -0.2) is 9.97 Å². The summed E-state index contributed by atoms with van der Waals surface area (Å²) in [5.74, 6) is 1.05. The van der Waals surface area contributed by atoms with Crippen molar-refractivity contribution in [1.82, 2.24) is 19.9 Å². The Kier molecular flexibility index (Phi) is 7.27. The molecule has 0 bridgehead atoms. The van der Waals surface area contributed by atoms with Crippen molar-refractivity contribution in [2.75, 3.05) is 14.2 Å². The lowest BCUT2D eigenvalue weighted by molar-refractivity contribution is -0.138. The van der Waals surface area contributed by atoms with E-state index in [1.807, 2.05) is 48.5 Å². The van der Waals surface area contributed by atoms with E-state index in [-0.39, 0.29) is 11.9 Å². The van der Waals surface area contributed by atoms with Crippen LogP contribution in [0.4, 0.5) is 0 Å². The molecule has 0 aliphatic rings. The number of esters is 2. The van der Waals surface area contributed by atoms with E-state index in [1.165, 1.54) is 28.1 Å². The molecule has 0 aliphatic carbocycles. The van der Waals surface area contributed by atoms with Gasteiger partial charge in [-0.1, -0.05) is 24.3 Å². The van der Waals surface area contributed by atoms with Gasteiger partial charge in [0.2, 0.25) is 0 Å². The number of rotatable bonds is 1. The van der Waals surface area contributed by atoms with Gasteiger partial charge in [-0.2, -0.15) is 0 Å². The van der Waals surface area contributed by atoms with Gasteiger partial charge < -0.3 is 19.4 Å². The summed E-state index contributed by atoms with van der Waals surface area (Å²) in [5, 5.41) is 0. The number of carbonyl (C=O) groups excluding carboxylic acids is 2. The lowest BCUT2D eigenvalue weighted by atomic mass is 10.3. The zero-order chi connectivity index (χ0) is 20.5. The van der Waals surface area contributed by atoms with Gasteiger partial charge >= 0.3 is 11.9 Å². The van der Waals surface area contributed by atoms with Gasteiger partial charge in [-0.15, -0.1) is 0 Å². The van der Waals surface area contributed by atoms with E-state index in [4.69, 9.17) is 0 Å². The number of methoxy groups -OCH3 is 2. The van der Waals surface area contributed by atoms with Crippen LogP contribution in [0.25, 0.3) is 33.7 Å². The van der Waals surface area contributed by atoms with Crippen LogP contribution in [0, 0.1) is 0 Å². The van der Waals surface area contributed by atoms with E-state index in [9.17, 15) is 9.59 Å². The van der Waals surface area contributed by atoms with Crippen molar-refractivity contribution in [1.29, 1.82) is 0 Å². The molecule has 8 heteroatoms. The number of benzene rings is 2. The van der Waals surface area contributed by atoms with Gasteiger partial charge in [0.15, 0.2) is 11.6 Å². The van der Waals surface area contributed by atoms with Crippen molar-refractivity contribution in [3.8, 4) is 11.6 Å². The van der Waals surface area contributed by atoms with Crippen LogP contribution in [0.1, 0.15) is 13.8 Å². The zero-order valence-corrected chi connectivity index (χ0v) is 16.1. The van der Waals surface area contributed by atoms with E-state index >= 15 is 0 Å². The van der Waals surface area contributed by atoms with Crippen LogP contribution < -0.4 is 0 Å². The highest BCUT2D eigenvalue weighted by Gasteiger charge is 2.09.